The number of nitrogens with zero attached hydrogens (tertiary/aromatic N) is 2. The van der Waals surface area contributed by atoms with Crippen LogP contribution in [0.25, 0.3) is 0 Å². The van der Waals surface area contributed by atoms with E-state index in [-0.39, 0.29) is 10.6 Å². The third kappa shape index (κ3) is 1.12. The zero-order chi connectivity index (χ0) is 9.30. The first kappa shape index (κ1) is 9.20. The molecule has 0 saturated carbocycles. The molecule has 4 N–H and O–H groups in total. The molecule has 1 aliphatic heterocycles. The van der Waals surface area contributed by atoms with Crippen LogP contribution < -0.4 is 0 Å². The Morgan fingerprint density at radius 3 is 2.33 bits per heavy atom. The van der Waals surface area contributed by atoms with Crippen LogP contribution in [0, 0.1) is 5.21 Å². The molecule has 2 unspecified atom stereocenters. The third-order valence-corrected chi connectivity index (χ3v) is 1.71. The molecule has 0 radical (unpaired) electrons. The minimum atomic E-state index is -1.65. The van der Waals surface area contributed by atoms with Crippen LogP contribution >= 0.6 is 0 Å². The van der Waals surface area contributed by atoms with Crippen molar-refractivity contribution < 1.29 is 25.2 Å². The lowest BCUT2D eigenvalue weighted by Gasteiger charge is -2.12. The van der Waals surface area contributed by atoms with Gasteiger partial charge in [-0.25, -0.2) is 9.64 Å². The van der Waals surface area contributed by atoms with Crippen molar-refractivity contribution in [1.82, 2.24) is 4.90 Å². The predicted octanol–water partition coefficient (Wildman–Crippen LogP) is -3.21. The van der Waals surface area contributed by atoms with Crippen LogP contribution in [0.15, 0.2) is 0 Å². The van der Waals surface area contributed by atoms with Crippen LogP contribution in [0.1, 0.15) is 0 Å². The number of aliphatic hydroxyl groups excluding tert-OH is 4. The van der Waals surface area contributed by atoms with Crippen molar-refractivity contribution in [3.05, 3.63) is 5.21 Å². The highest BCUT2D eigenvalue weighted by Crippen LogP contribution is 2.11. The van der Waals surface area contributed by atoms with Gasteiger partial charge in [0.15, 0.2) is 6.73 Å². The quantitative estimate of drug-likeness (QED) is 0.262. The molecule has 0 aromatic heterocycles. The van der Waals surface area contributed by atoms with Crippen molar-refractivity contribution in [3.63, 3.8) is 0 Å². The van der Waals surface area contributed by atoms with E-state index in [1.807, 2.05) is 0 Å². The van der Waals surface area contributed by atoms with Gasteiger partial charge < -0.3 is 25.6 Å². The average Bonchev–Trinajstić information content (AvgIpc) is 2.29. The van der Waals surface area contributed by atoms with Gasteiger partial charge in [0.2, 0.25) is 0 Å². The largest absolute Gasteiger partial charge is 0.713 e. The van der Waals surface area contributed by atoms with E-state index in [1.165, 1.54) is 0 Å². The lowest BCUT2D eigenvalue weighted by molar-refractivity contribution is -0.553. The molecule has 0 aromatic rings. The van der Waals surface area contributed by atoms with Gasteiger partial charge in [-0.2, -0.15) is 0 Å². The Kier molecular flexibility index (Phi) is 2.48. The van der Waals surface area contributed by atoms with Crippen molar-refractivity contribution in [2.45, 2.75) is 12.5 Å². The summed E-state index contributed by atoms with van der Waals surface area (Å²) in [4.78, 5) is 0.803. The number of hydroxylamine groups is 1. The summed E-state index contributed by atoms with van der Waals surface area (Å²) in [6.07, 6.45) is -3.14. The normalized spacial score (nSPS) is 30.2. The number of hydrogen-bond acceptors (Lipinski definition) is 6. The summed E-state index contributed by atoms with van der Waals surface area (Å²) in [5.41, 5.74) is 0. The molecule has 7 heteroatoms. The molecular weight excluding hydrogens is 168 g/mol. The summed E-state index contributed by atoms with van der Waals surface area (Å²) in [7, 11) is 0. The minimum Gasteiger partial charge on any atom is -0.713 e. The van der Waals surface area contributed by atoms with Crippen LogP contribution in [0.2, 0.25) is 0 Å². The second kappa shape index (κ2) is 3.23. The molecule has 1 rings (SSSR count). The van der Waals surface area contributed by atoms with Crippen molar-refractivity contribution in [3.8, 4) is 0 Å². The Morgan fingerprint density at radius 2 is 2.00 bits per heavy atom. The lowest BCUT2D eigenvalue weighted by Crippen LogP contribution is -2.41. The maximum Gasteiger partial charge on any atom is 0.282 e. The number of hydrogen-bond donors (Lipinski definition) is 4. The van der Waals surface area contributed by atoms with Gasteiger partial charge in [0.05, 0.1) is 0 Å². The monoisotopic (exact) mass is 178 g/mol. The van der Waals surface area contributed by atoms with Gasteiger partial charge in [-0.05, 0) is 0 Å². The fourth-order valence-electron chi connectivity index (χ4n) is 1.04. The summed E-state index contributed by atoms with van der Waals surface area (Å²) in [5.74, 6) is -0.252. The maximum atomic E-state index is 10.9. The number of aliphatic hydroxyl groups is 4. The third-order valence-electron chi connectivity index (χ3n) is 1.71. The van der Waals surface area contributed by atoms with E-state index in [0.29, 0.717) is 0 Å². The molecule has 0 spiro atoms. The molecule has 1 aliphatic rings. The van der Waals surface area contributed by atoms with Crippen LogP contribution in [-0.4, -0.2) is 61.7 Å². The Hall–Kier alpha value is -0.890. The summed E-state index contributed by atoms with van der Waals surface area (Å²) < 4.78 is 0.0564. The number of rotatable bonds is 2. The molecule has 1 heterocycles. The summed E-state index contributed by atoms with van der Waals surface area (Å²) in [6, 6.07) is 0. The molecule has 0 fully saturated rings. The van der Waals surface area contributed by atoms with Gasteiger partial charge in [0, 0.05) is 0 Å². The smallest absolute Gasteiger partial charge is 0.282 e. The lowest BCUT2D eigenvalue weighted by atomic mass is 10.5. The van der Waals surface area contributed by atoms with Gasteiger partial charge in [0.25, 0.3) is 18.3 Å². The SMILES string of the molecule is [O-][N+]1=C(CO)N(CO)C(O)C1O. The van der Waals surface area contributed by atoms with E-state index in [0.717, 1.165) is 4.90 Å². The standard InChI is InChI=1S/C5H10N2O5/c8-1-3-6(2-9)4(10)5(11)7(3)12/h4-5,8-11H,1-2H2. The van der Waals surface area contributed by atoms with Crippen LogP contribution in [-0.2, 0) is 0 Å². The fraction of sp³-hybridized carbons (Fsp3) is 0.800. The molecule has 7 nitrogen and oxygen atoms in total. The Bertz CT molecular complexity index is 206. The molecule has 70 valence electrons. The van der Waals surface area contributed by atoms with Crippen molar-refractivity contribution in [2.75, 3.05) is 13.3 Å². The van der Waals surface area contributed by atoms with E-state index in [9.17, 15) is 5.21 Å². The minimum absolute atomic E-state index is 0.0564. The first-order chi connectivity index (χ1) is 5.63. The Balaban J connectivity index is 2.89. The predicted molar refractivity (Wildman–Crippen MR) is 36.7 cm³/mol. The molecule has 0 aromatic carbocycles. The zero-order valence-electron chi connectivity index (χ0n) is 6.16. The van der Waals surface area contributed by atoms with Gasteiger partial charge in [0.1, 0.15) is 6.61 Å². The topological polar surface area (TPSA) is 110 Å². The van der Waals surface area contributed by atoms with Crippen LogP contribution in [0.4, 0.5) is 0 Å². The highest BCUT2D eigenvalue weighted by Gasteiger charge is 2.42. The average molecular weight is 178 g/mol. The van der Waals surface area contributed by atoms with Gasteiger partial charge >= 0.3 is 0 Å². The van der Waals surface area contributed by atoms with Crippen LogP contribution in [0.5, 0.6) is 0 Å². The van der Waals surface area contributed by atoms with E-state index in [2.05, 4.69) is 0 Å². The van der Waals surface area contributed by atoms with Gasteiger partial charge in [-0.15, -0.1) is 0 Å². The first-order valence-electron chi connectivity index (χ1n) is 3.30. The molecular formula is C5H10N2O5. The second-order valence-corrected chi connectivity index (χ2v) is 2.34. The second-order valence-electron chi connectivity index (χ2n) is 2.34. The number of amidine groups is 1. The van der Waals surface area contributed by atoms with Crippen molar-refractivity contribution in [2.24, 2.45) is 0 Å². The van der Waals surface area contributed by atoms with E-state index in [1.54, 1.807) is 0 Å². The fourth-order valence-corrected chi connectivity index (χ4v) is 1.04. The van der Waals surface area contributed by atoms with Crippen LogP contribution in [0.3, 0.4) is 0 Å². The highest BCUT2D eigenvalue weighted by molar-refractivity contribution is 5.79. The summed E-state index contributed by atoms with van der Waals surface area (Å²) in [5, 5.41) is 46.1. The van der Waals surface area contributed by atoms with E-state index in [4.69, 9.17) is 20.4 Å². The Morgan fingerprint density at radius 1 is 1.42 bits per heavy atom. The zero-order valence-corrected chi connectivity index (χ0v) is 6.16. The summed E-state index contributed by atoms with van der Waals surface area (Å²) in [6.45, 7) is -1.27. The van der Waals surface area contributed by atoms with Crippen molar-refractivity contribution in [1.29, 1.82) is 0 Å². The molecule has 0 amide bonds. The molecule has 0 aliphatic carbocycles. The van der Waals surface area contributed by atoms with E-state index < -0.39 is 25.8 Å². The molecule has 2 atom stereocenters. The summed E-state index contributed by atoms with van der Waals surface area (Å²) >= 11 is 0. The highest BCUT2D eigenvalue weighted by atomic mass is 16.5. The van der Waals surface area contributed by atoms with Crippen molar-refractivity contribution >= 4 is 5.84 Å². The molecule has 12 heavy (non-hydrogen) atoms. The maximum absolute atomic E-state index is 10.9. The molecule has 0 saturated heterocycles. The Labute approximate surface area is 68.0 Å². The first-order valence-corrected chi connectivity index (χ1v) is 3.30. The van der Waals surface area contributed by atoms with Gasteiger partial charge in [-0.1, -0.05) is 0 Å². The molecule has 0 bridgehead atoms. The van der Waals surface area contributed by atoms with E-state index >= 15 is 0 Å². The van der Waals surface area contributed by atoms with Gasteiger partial charge in [-0.3, -0.25) is 0 Å².